The standard InChI is InChI=1S/C51H34N4.C45H30N4/c1-4-13-35(14-5-1)37-23-29-40(30-24-37)49-52-50(41-31-25-38(26-32-41)36-15-6-2-7-16-36)54-51(53-49)42-33-27-39(28-34-42)44-20-12-22-47-48(44)45-19-10-11-21-46(45)55(47)43-17-8-3-9-18-43;1-4-13-31(14-5-1)32-23-27-35(28-24-32)44-46-43(34-15-6-2-7-16-34)47-45(48-44)36-29-25-33(26-30-36)38-20-12-22-41-42(38)39-19-10-11-21-40(39)49(41)37-17-8-3-9-18-37/h1-34H;1-30H. The van der Waals surface area contributed by atoms with Gasteiger partial charge in [0.05, 0.1) is 22.1 Å². The zero-order chi connectivity index (χ0) is 69.1. The second kappa shape index (κ2) is 27.6. The van der Waals surface area contributed by atoms with E-state index in [1.54, 1.807) is 0 Å². The second-order valence-electron chi connectivity index (χ2n) is 25.7. The van der Waals surface area contributed by atoms with Crippen molar-refractivity contribution in [3.8, 4) is 135 Å². The molecule has 0 fully saturated rings. The van der Waals surface area contributed by atoms with Gasteiger partial charge < -0.3 is 9.13 Å². The number of hydrogen-bond acceptors (Lipinski definition) is 6. The van der Waals surface area contributed by atoms with Crippen LogP contribution in [-0.2, 0) is 0 Å². The molecule has 4 heterocycles. The van der Waals surface area contributed by atoms with E-state index in [2.05, 4.69) is 349 Å². The average molecular weight is 1330 g/mol. The molecule has 15 aromatic carbocycles. The van der Waals surface area contributed by atoms with Gasteiger partial charge in [0, 0.05) is 66.3 Å². The van der Waals surface area contributed by atoms with E-state index in [4.69, 9.17) is 29.9 Å². The summed E-state index contributed by atoms with van der Waals surface area (Å²) in [5, 5.41) is 4.93. The minimum absolute atomic E-state index is 0.629. The van der Waals surface area contributed by atoms with E-state index in [9.17, 15) is 0 Å². The highest BCUT2D eigenvalue weighted by molar-refractivity contribution is 6.17. The van der Waals surface area contributed by atoms with Crippen LogP contribution in [0.15, 0.2) is 388 Å². The normalized spacial score (nSPS) is 11.3. The van der Waals surface area contributed by atoms with Crippen molar-refractivity contribution in [1.82, 2.24) is 39.0 Å². The average Bonchev–Trinajstić information content (AvgIpc) is 1.59. The van der Waals surface area contributed by atoms with E-state index in [0.717, 1.165) is 72.6 Å². The third-order valence-electron chi connectivity index (χ3n) is 19.4. The van der Waals surface area contributed by atoms with Gasteiger partial charge in [0.1, 0.15) is 0 Å². The summed E-state index contributed by atoms with van der Waals surface area (Å²) in [4.78, 5) is 30.1. The highest BCUT2D eigenvalue weighted by atomic mass is 15.0. The van der Waals surface area contributed by atoms with E-state index in [1.165, 1.54) is 71.4 Å². The lowest BCUT2D eigenvalue weighted by Gasteiger charge is -2.11. The number of rotatable bonds is 13. The SMILES string of the molecule is c1ccc(-c2ccc(-c3nc(-c4ccc(-c5ccccc5)cc4)nc(-c4ccc(-c5cccc6c5c5ccccc5n6-c5ccccc5)cc4)n3)cc2)cc1.c1ccc(-c2ccc(-c3nc(-c4ccccc4)nc(-c4ccc(-c5cccc6c5c5ccccc5n6-c5ccccc5)cc4)n3)cc2)cc1. The molecule has 8 heteroatoms. The molecule has 0 spiro atoms. The highest BCUT2D eigenvalue weighted by Crippen LogP contribution is 2.42. The topological polar surface area (TPSA) is 87.2 Å². The van der Waals surface area contributed by atoms with Gasteiger partial charge in [0.15, 0.2) is 34.9 Å². The first-order valence-corrected chi connectivity index (χ1v) is 35.0. The molecule has 8 nitrogen and oxygen atoms in total. The van der Waals surface area contributed by atoms with Crippen LogP contribution in [0.25, 0.3) is 179 Å². The molecule has 0 bridgehead atoms. The van der Waals surface area contributed by atoms with Gasteiger partial charge in [0.2, 0.25) is 0 Å². The first kappa shape index (κ1) is 62.2. The summed E-state index contributed by atoms with van der Waals surface area (Å²) < 4.78 is 4.71. The lowest BCUT2D eigenvalue weighted by Crippen LogP contribution is -2.00. The molecule has 0 atom stereocenters. The van der Waals surface area contributed by atoms with Crippen molar-refractivity contribution in [3.63, 3.8) is 0 Å². The molecule has 0 aliphatic heterocycles. The van der Waals surface area contributed by atoms with E-state index in [1.807, 2.05) is 48.5 Å². The second-order valence-corrected chi connectivity index (χ2v) is 25.7. The lowest BCUT2D eigenvalue weighted by molar-refractivity contribution is 1.07. The van der Waals surface area contributed by atoms with Crippen LogP contribution < -0.4 is 0 Å². The third-order valence-corrected chi connectivity index (χ3v) is 19.4. The highest BCUT2D eigenvalue weighted by Gasteiger charge is 2.21. The van der Waals surface area contributed by atoms with Crippen LogP contribution in [-0.4, -0.2) is 39.0 Å². The maximum Gasteiger partial charge on any atom is 0.164 e. The number of para-hydroxylation sites is 4. The zero-order valence-electron chi connectivity index (χ0n) is 56.5. The Kier molecular flexibility index (Phi) is 16.5. The molecule has 4 aromatic heterocycles. The summed E-state index contributed by atoms with van der Waals surface area (Å²) in [5.74, 6) is 3.83. The maximum absolute atomic E-state index is 5.07. The molecule has 0 unspecified atom stereocenters. The van der Waals surface area contributed by atoms with Crippen LogP contribution in [0.3, 0.4) is 0 Å². The Labute approximate surface area is 602 Å². The van der Waals surface area contributed by atoms with Crippen LogP contribution in [0.4, 0.5) is 0 Å². The van der Waals surface area contributed by atoms with E-state index in [0.29, 0.717) is 34.9 Å². The van der Waals surface area contributed by atoms with Crippen molar-refractivity contribution in [2.75, 3.05) is 0 Å². The Hall–Kier alpha value is -14.1. The Morgan fingerprint density at radius 3 is 0.635 bits per heavy atom. The summed E-state index contributed by atoms with van der Waals surface area (Å²) in [6.45, 7) is 0. The van der Waals surface area contributed by atoms with Crippen molar-refractivity contribution < 1.29 is 0 Å². The molecule has 0 N–H and O–H groups in total. The molecular weight excluding hydrogens is 1270 g/mol. The van der Waals surface area contributed by atoms with E-state index >= 15 is 0 Å². The minimum atomic E-state index is 0.629. The first-order valence-electron chi connectivity index (χ1n) is 35.0. The Balaban J connectivity index is 0.000000149. The number of aromatic nitrogens is 8. The van der Waals surface area contributed by atoms with Crippen molar-refractivity contribution >= 4 is 43.6 Å². The smallest absolute Gasteiger partial charge is 0.164 e. The molecule has 104 heavy (non-hydrogen) atoms. The van der Waals surface area contributed by atoms with Crippen molar-refractivity contribution in [2.45, 2.75) is 0 Å². The molecule has 0 saturated carbocycles. The number of benzene rings is 15. The molecule has 0 saturated heterocycles. The summed E-state index contributed by atoms with van der Waals surface area (Å²) >= 11 is 0. The van der Waals surface area contributed by atoms with Crippen molar-refractivity contribution in [2.24, 2.45) is 0 Å². The fourth-order valence-corrected chi connectivity index (χ4v) is 14.3. The summed E-state index contributed by atoms with van der Waals surface area (Å²) in [5.41, 5.74) is 24.3. The molecule has 0 aliphatic rings. The number of nitrogens with zero attached hydrogens (tertiary/aromatic N) is 8. The zero-order valence-corrected chi connectivity index (χ0v) is 56.5. The first-order chi connectivity index (χ1) is 51.6. The molecule has 0 radical (unpaired) electrons. The molecule has 19 aromatic rings. The van der Waals surface area contributed by atoms with Crippen LogP contribution in [0.5, 0.6) is 0 Å². The third kappa shape index (κ3) is 12.1. The molecule has 0 amide bonds. The van der Waals surface area contributed by atoms with Gasteiger partial charge in [0.25, 0.3) is 0 Å². The van der Waals surface area contributed by atoms with Crippen LogP contribution in [0, 0.1) is 0 Å². The fourth-order valence-electron chi connectivity index (χ4n) is 14.3. The van der Waals surface area contributed by atoms with E-state index < -0.39 is 0 Å². The van der Waals surface area contributed by atoms with Crippen molar-refractivity contribution in [1.29, 1.82) is 0 Å². The summed E-state index contributed by atoms with van der Waals surface area (Å²) in [6.07, 6.45) is 0. The van der Waals surface area contributed by atoms with Gasteiger partial charge in [-0.25, -0.2) is 29.9 Å². The molecule has 488 valence electrons. The van der Waals surface area contributed by atoms with Crippen molar-refractivity contribution in [3.05, 3.63) is 388 Å². The van der Waals surface area contributed by atoms with E-state index in [-0.39, 0.29) is 0 Å². The van der Waals surface area contributed by atoms with Gasteiger partial charge in [-0.15, -0.1) is 0 Å². The summed E-state index contributed by atoms with van der Waals surface area (Å²) in [7, 11) is 0. The molecule has 19 rings (SSSR count). The van der Waals surface area contributed by atoms with Crippen LogP contribution in [0.2, 0.25) is 0 Å². The molecular formula is C96H64N8. The summed E-state index contributed by atoms with van der Waals surface area (Å²) in [6, 6.07) is 136. The van der Waals surface area contributed by atoms with Gasteiger partial charge in [-0.3, -0.25) is 0 Å². The van der Waals surface area contributed by atoms with Crippen LogP contribution >= 0.6 is 0 Å². The Morgan fingerprint density at radius 1 is 0.144 bits per heavy atom. The van der Waals surface area contributed by atoms with Gasteiger partial charge >= 0.3 is 0 Å². The number of fused-ring (bicyclic) bond motifs is 6. The van der Waals surface area contributed by atoms with Gasteiger partial charge in [-0.05, 0) is 104 Å². The predicted octanol–water partition coefficient (Wildman–Crippen LogP) is 24.3. The fraction of sp³-hybridized carbons (Fsp3) is 0. The minimum Gasteiger partial charge on any atom is -0.309 e. The van der Waals surface area contributed by atoms with Gasteiger partial charge in [-0.1, -0.05) is 340 Å². The Morgan fingerprint density at radius 2 is 0.346 bits per heavy atom. The van der Waals surface area contributed by atoms with Gasteiger partial charge in [-0.2, -0.15) is 0 Å². The maximum atomic E-state index is 5.07. The lowest BCUT2D eigenvalue weighted by atomic mass is 9.98. The Bertz CT molecular complexity index is 6150. The number of hydrogen-bond donors (Lipinski definition) is 0. The largest absolute Gasteiger partial charge is 0.309 e. The molecule has 0 aliphatic carbocycles. The predicted molar refractivity (Wildman–Crippen MR) is 428 cm³/mol. The monoisotopic (exact) mass is 1330 g/mol. The van der Waals surface area contributed by atoms with Crippen LogP contribution in [0.1, 0.15) is 0 Å². The quantitative estimate of drug-likeness (QED) is 0.114.